The van der Waals surface area contributed by atoms with Gasteiger partial charge in [0.15, 0.2) is 11.5 Å². The van der Waals surface area contributed by atoms with E-state index in [0.717, 1.165) is 16.7 Å². The van der Waals surface area contributed by atoms with Crippen LogP contribution in [0, 0.1) is 6.92 Å². The summed E-state index contributed by atoms with van der Waals surface area (Å²) < 4.78 is 12.5. The summed E-state index contributed by atoms with van der Waals surface area (Å²) in [5, 5.41) is 3.29. The second-order valence-corrected chi connectivity index (χ2v) is 9.26. The van der Waals surface area contributed by atoms with Crippen molar-refractivity contribution in [2.24, 2.45) is 0 Å². The van der Waals surface area contributed by atoms with E-state index >= 15 is 0 Å². The third-order valence-electron chi connectivity index (χ3n) is 5.43. The van der Waals surface area contributed by atoms with Gasteiger partial charge in [-0.15, -0.1) is 0 Å². The fourth-order valence-corrected chi connectivity index (χ4v) is 4.19. The predicted octanol–water partition coefficient (Wildman–Crippen LogP) is 6.48. The number of ether oxygens (including phenoxy) is 2. The quantitative estimate of drug-likeness (QED) is 0.255. The van der Waals surface area contributed by atoms with Crippen LogP contribution in [0.15, 0.2) is 70.8 Å². The van der Waals surface area contributed by atoms with Crippen molar-refractivity contribution in [3.05, 3.63) is 98.1 Å². The van der Waals surface area contributed by atoms with Crippen molar-refractivity contribution in [1.29, 1.82) is 0 Å². The Morgan fingerprint density at radius 3 is 2.46 bits per heavy atom. The average Bonchev–Trinajstić information content (AvgIpc) is 3.09. The Bertz CT molecular complexity index is 1290. The van der Waals surface area contributed by atoms with Crippen LogP contribution < -0.4 is 14.8 Å². The van der Waals surface area contributed by atoms with Crippen molar-refractivity contribution in [3.63, 3.8) is 0 Å². The van der Waals surface area contributed by atoms with Gasteiger partial charge < -0.3 is 14.8 Å². The molecule has 3 aromatic carbocycles. The minimum atomic E-state index is -0.456. The van der Waals surface area contributed by atoms with Gasteiger partial charge in [-0.3, -0.25) is 9.69 Å². The maximum Gasteiger partial charge on any atom is 0.329 e. The lowest BCUT2D eigenvalue weighted by Crippen LogP contribution is -2.30. The summed E-state index contributed by atoms with van der Waals surface area (Å²) in [6.45, 7) is 4.76. The summed E-state index contributed by atoms with van der Waals surface area (Å²) in [5.74, 6) is 0.658. The summed E-state index contributed by atoms with van der Waals surface area (Å²) in [5.41, 5.74) is 3.70. The van der Waals surface area contributed by atoms with E-state index in [-0.39, 0.29) is 24.8 Å². The van der Waals surface area contributed by atoms with Gasteiger partial charge in [0.2, 0.25) is 0 Å². The van der Waals surface area contributed by atoms with Crippen molar-refractivity contribution in [2.75, 3.05) is 6.61 Å². The summed E-state index contributed by atoms with van der Waals surface area (Å²) in [6.07, 6.45) is 1.62. The van der Waals surface area contributed by atoms with Crippen molar-refractivity contribution >= 4 is 45.5 Å². The molecule has 6 nitrogen and oxygen atoms in total. The van der Waals surface area contributed by atoms with Gasteiger partial charge in [0.05, 0.1) is 13.2 Å². The van der Waals surface area contributed by atoms with E-state index in [2.05, 4.69) is 21.2 Å². The van der Waals surface area contributed by atoms with Gasteiger partial charge in [-0.25, -0.2) is 4.79 Å². The topological polar surface area (TPSA) is 67.9 Å². The van der Waals surface area contributed by atoms with Gasteiger partial charge in [-0.1, -0.05) is 75.6 Å². The van der Waals surface area contributed by atoms with Crippen molar-refractivity contribution < 1.29 is 19.1 Å². The van der Waals surface area contributed by atoms with Crippen LogP contribution in [0.4, 0.5) is 4.79 Å². The fourth-order valence-electron chi connectivity index (χ4n) is 3.56. The molecule has 0 unspecified atom stereocenters. The van der Waals surface area contributed by atoms with Crippen LogP contribution in [0.5, 0.6) is 11.5 Å². The monoisotopic (exact) mass is 554 g/mol. The lowest BCUT2D eigenvalue weighted by atomic mass is 10.1. The molecular weight excluding hydrogens is 532 g/mol. The molecule has 8 heteroatoms. The van der Waals surface area contributed by atoms with Gasteiger partial charge >= 0.3 is 6.03 Å². The summed E-state index contributed by atoms with van der Waals surface area (Å²) in [6, 6.07) is 18.3. The number of nitrogens with one attached hydrogen (secondary N) is 1. The Kier molecular flexibility index (Phi) is 7.78. The number of carbonyl (C=O) groups excluding carboxylic acids is 2. The molecule has 0 aromatic heterocycles. The molecule has 1 aliphatic rings. The molecule has 4 rings (SSSR count). The molecule has 0 saturated carbocycles. The highest BCUT2D eigenvalue weighted by Crippen LogP contribution is 2.36. The van der Waals surface area contributed by atoms with Crippen LogP contribution in [0.25, 0.3) is 6.08 Å². The Morgan fingerprint density at radius 1 is 1.03 bits per heavy atom. The highest BCUT2D eigenvalue weighted by atomic mass is 79.9. The van der Waals surface area contributed by atoms with Crippen LogP contribution in [0.2, 0.25) is 5.02 Å². The highest BCUT2D eigenvalue weighted by molar-refractivity contribution is 9.10. The smallest absolute Gasteiger partial charge is 0.329 e. The average molecular weight is 556 g/mol. The fraction of sp³-hybridized carbons (Fsp3) is 0.185. The lowest BCUT2D eigenvalue weighted by Gasteiger charge is -2.15. The first kappa shape index (κ1) is 24.8. The number of hydrogen-bond acceptors (Lipinski definition) is 4. The number of nitrogens with zero attached hydrogens (tertiary/aromatic N) is 1. The van der Waals surface area contributed by atoms with E-state index in [9.17, 15) is 9.59 Å². The Balaban J connectivity index is 1.56. The molecule has 0 spiro atoms. The standard InChI is InChI=1S/C27H24BrClN2O4/c1-3-34-24-13-20(21(28)14-25(24)35-16-19-6-4-5-7-22(19)29)12-23-26(32)31(27(33)30-23)15-18-10-8-17(2)9-11-18/h4-14H,3,15-16H2,1-2H3,(H,30,33)/b23-12+. The molecule has 1 aliphatic heterocycles. The number of rotatable bonds is 8. The lowest BCUT2D eigenvalue weighted by molar-refractivity contribution is -0.123. The van der Waals surface area contributed by atoms with Crippen LogP contribution in [-0.2, 0) is 17.9 Å². The summed E-state index contributed by atoms with van der Waals surface area (Å²) >= 11 is 9.79. The van der Waals surface area contributed by atoms with Crippen LogP contribution in [0.3, 0.4) is 0 Å². The number of hydrogen-bond donors (Lipinski definition) is 1. The second kappa shape index (κ2) is 11.0. The molecule has 3 amide bonds. The number of aryl methyl sites for hydroxylation is 1. The van der Waals surface area contributed by atoms with E-state index < -0.39 is 6.03 Å². The minimum Gasteiger partial charge on any atom is -0.490 e. The van der Waals surface area contributed by atoms with Crippen molar-refractivity contribution in [3.8, 4) is 11.5 Å². The Labute approximate surface area is 217 Å². The number of imide groups is 1. The van der Waals surface area contributed by atoms with Gasteiger partial charge in [0.1, 0.15) is 12.3 Å². The maximum absolute atomic E-state index is 13.0. The molecule has 35 heavy (non-hydrogen) atoms. The minimum absolute atomic E-state index is 0.190. The number of amides is 3. The highest BCUT2D eigenvalue weighted by Gasteiger charge is 2.33. The van der Waals surface area contributed by atoms with E-state index in [1.165, 1.54) is 4.90 Å². The predicted molar refractivity (Wildman–Crippen MR) is 139 cm³/mol. The number of urea groups is 1. The first-order chi connectivity index (χ1) is 16.9. The molecule has 180 valence electrons. The molecule has 0 atom stereocenters. The molecule has 1 saturated heterocycles. The molecule has 0 bridgehead atoms. The largest absolute Gasteiger partial charge is 0.490 e. The van der Waals surface area contributed by atoms with Crippen molar-refractivity contribution in [2.45, 2.75) is 27.0 Å². The Hall–Kier alpha value is -3.29. The normalized spacial score (nSPS) is 14.4. The SMILES string of the molecule is CCOc1cc(/C=C2/NC(=O)N(Cc3ccc(C)cc3)C2=O)c(Br)cc1OCc1ccccc1Cl. The van der Waals surface area contributed by atoms with E-state index in [1.807, 2.05) is 62.4 Å². The molecule has 0 radical (unpaired) electrons. The van der Waals surface area contributed by atoms with Gasteiger partial charge in [-0.05, 0) is 49.2 Å². The summed E-state index contributed by atoms with van der Waals surface area (Å²) in [4.78, 5) is 26.7. The number of carbonyl (C=O) groups is 2. The number of benzene rings is 3. The van der Waals surface area contributed by atoms with E-state index in [4.69, 9.17) is 21.1 Å². The zero-order chi connectivity index (χ0) is 24.9. The molecule has 1 N–H and O–H groups in total. The van der Waals surface area contributed by atoms with Gasteiger partial charge in [0, 0.05) is 15.1 Å². The second-order valence-electron chi connectivity index (χ2n) is 8.00. The third-order valence-corrected chi connectivity index (χ3v) is 6.48. The summed E-state index contributed by atoms with van der Waals surface area (Å²) in [7, 11) is 0. The Morgan fingerprint density at radius 2 is 1.74 bits per heavy atom. The van der Waals surface area contributed by atoms with Crippen molar-refractivity contribution in [1.82, 2.24) is 10.2 Å². The first-order valence-corrected chi connectivity index (χ1v) is 12.3. The van der Waals surface area contributed by atoms with Crippen LogP contribution in [0.1, 0.15) is 29.2 Å². The van der Waals surface area contributed by atoms with Crippen LogP contribution >= 0.6 is 27.5 Å². The van der Waals surface area contributed by atoms with Gasteiger partial charge in [0.25, 0.3) is 5.91 Å². The van der Waals surface area contributed by atoms with E-state index in [0.29, 0.717) is 33.2 Å². The van der Waals surface area contributed by atoms with Gasteiger partial charge in [-0.2, -0.15) is 0 Å². The zero-order valence-corrected chi connectivity index (χ0v) is 21.7. The first-order valence-electron chi connectivity index (χ1n) is 11.1. The molecule has 3 aromatic rings. The number of halogens is 2. The third kappa shape index (κ3) is 5.86. The molecule has 1 fully saturated rings. The molecule has 1 heterocycles. The van der Waals surface area contributed by atoms with E-state index in [1.54, 1.807) is 18.2 Å². The molecular formula is C27H24BrClN2O4. The molecule has 0 aliphatic carbocycles. The zero-order valence-electron chi connectivity index (χ0n) is 19.3. The van der Waals surface area contributed by atoms with Crippen LogP contribution in [-0.4, -0.2) is 23.4 Å². The maximum atomic E-state index is 13.0.